The first-order valence-electron chi connectivity index (χ1n) is 10.3. The highest BCUT2D eigenvalue weighted by atomic mass is 35.5. The molecule has 2 heterocycles. The number of nitrogens with one attached hydrogen (secondary N) is 1. The molecular weight excluding hydrogens is 440 g/mol. The van der Waals surface area contributed by atoms with E-state index in [1.54, 1.807) is 25.1 Å². The van der Waals surface area contributed by atoms with Crippen molar-refractivity contribution in [3.05, 3.63) is 75.2 Å². The van der Waals surface area contributed by atoms with E-state index in [0.29, 0.717) is 41.8 Å². The van der Waals surface area contributed by atoms with Gasteiger partial charge in [-0.15, -0.1) is 0 Å². The maximum atomic E-state index is 13.9. The number of hydrogen-bond acceptors (Lipinski definition) is 5. The lowest BCUT2D eigenvalue weighted by atomic mass is 10.0. The molecule has 0 saturated carbocycles. The zero-order valence-electron chi connectivity index (χ0n) is 17.4. The number of ether oxygens (including phenoxy) is 2. The van der Waals surface area contributed by atoms with Crippen LogP contribution in [0.5, 0.6) is 11.5 Å². The van der Waals surface area contributed by atoms with E-state index in [0.717, 1.165) is 31.6 Å². The lowest BCUT2D eigenvalue weighted by molar-refractivity contribution is 0.0595. The molecule has 2 aromatic carbocycles. The summed E-state index contributed by atoms with van der Waals surface area (Å²) in [5.41, 5.74) is 1.13. The molecule has 6 nitrogen and oxygen atoms in total. The normalized spacial score (nSPS) is 16.1. The van der Waals surface area contributed by atoms with Crippen molar-refractivity contribution in [1.29, 1.82) is 0 Å². The molecule has 0 amide bonds. The number of hydrogen-bond donors (Lipinski definition) is 1. The van der Waals surface area contributed by atoms with Gasteiger partial charge in [-0.05, 0) is 61.6 Å². The van der Waals surface area contributed by atoms with Crippen molar-refractivity contribution in [3.63, 3.8) is 0 Å². The van der Waals surface area contributed by atoms with Crippen LogP contribution in [0.2, 0.25) is 5.02 Å². The van der Waals surface area contributed by atoms with Crippen molar-refractivity contribution in [2.45, 2.75) is 19.8 Å². The Balaban J connectivity index is 1.52. The Morgan fingerprint density at radius 1 is 1.25 bits per heavy atom. The average Bonchev–Trinajstić information content (AvgIpc) is 2.78. The maximum Gasteiger partial charge on any atom is 0.292 e. The van der Waals surface area contributed by atoms with Gasteiger partial charge in [0.05, 0.1) is 24.2 Å². The molecule has 1 fully saturated rings. The first-order valence-corrected chi connectivity index (χ1v) is 10.6. The van der Waals surface area contributed by atoms with Crippen molar-refractivity contribution in [2.75, 3.05) is 25.1 Å². The molecule has 0 spiro atoms. The molecule has 1 aliphatic rings. The summed E-state index contributed by atoms with van der Waals surface area (Å²) in [6.07, 6.45) is 3.60. The number of nitrogens with zero attached hydrogens (tertiary/aromatic N) is 2. The standard InChI is InChI=1S/C23H22ClF2N3O3/c1-14-9-17(5-7-20(14)32-21-6-4-16(25)10-18(21)26)29-23(30)22(24)19(12-28-29)27-11-15-3-2-8-31-13-15/h4-7,9-10,12,15,27H,2-3,8,11,13H2,1H3/t15-/m1/s1. The van der Waals surface area contributed by atoms with Gasteiger partial charge in [0.1, 0.15) is 16.6 Å². The summed E-state index contributed by atoms with van der Waals surface area (Å²) in [6.45, 7) is 3.87. The smallest absolute Gasteiger partial charge is 0.292 e. The minimum atomic E-state index is -0.805. The Morgan fingerprint density at radius 3 is 2.78 bits per heavy atom. The van der Waals surface area contributed by atoms with Crippen LogP contribution in [-0.2, 0) is 4.74 Å². The molecule has 1 atom stereocenters. The third-order valence-corrected chi connectivity index (χ3v) is 5.64. The summed E-state index contributed by atoms with van der Waals surface area (Å²) in [5.74, 6) is -0.857. The number of aromatic nitrogens is 2. The zero-order chi connectivity index (χ0) is 22.7. The van der Waals surface area contributed by atoms with Crippen molar-refractivity contribution in [1.82, 2.24) is 9.78 Å². The SMILES string of the molecule is Cc1cc(-n2ncc(NC[C@H]3CCCOC3)c(Cl)c2=O)ccc1Oc1ccc(F)cc1F. The van der Waals surface area contributed by atoms with Gasteiger partial charge in [-0.2, -0.15) is 9.78 Å². The first kappa shape index (κ1) is 22.2. The monoisotopic (exact) mass is 461 g/mol. The van der Waals surface area contributed by atoms with E-state index in [-0.39, 0.29) is 10.8 Å². The Hall–Kier alpha value is -2.97. The van der Waals surface area contributed by atoms with E-state index in [2.05, 4.69) is 10.4 Å². The van der Waals surface area contributed by atoms with Crippen LogP contribution in [0, 0.1) is 24.5 Å². The second-order valence-corrected chi connectivity index (χ2v) is 8.06. The summed E-state index contributed by atoms with van der Waals surface area (Å²) in [5, 5.41) is 7.47. The van der Waals surface area contributed by atoms with Crippen LogP contribution in [0.3, 0.4) is 0 Å². The predicted molar refractivity (Wildman–Crippen MR) is 118 cm³/mol. The number of halogens is 3. The molecule has 0 unspecified atom stereocenters. The minimum absolute atomic E-state index is 0.0445. The lowest BCUT2D eigenvalue weighted by Crippen LogP contribution is -2.26. The molecular formula is C23H22ClF2N3O3. The Kier molecular flexibility index (Phi) is 6.72. The fraction of sp³-hybridized carbons (Fsp3) is 0.304. The molecule has 168 valence electrons. The number of aryl methyl sites for hydroxylation is 1. The Bertz CT molecular complexity index is 1180. The molecule has 1 saturated heterocycles. The highest BCUT2D eigenvalue weighted by molar-refractivity contribution is 6.32. The predicted octanol–water partition coefficient (Wildman–Crippen LogP) is 5.10. The molecule has 0 aliphatic carbocycles. The minimum Gasteiger partial charge on any atom is -0.454 e. The van der Waals surface area contributed by atoms with Crippen molar-refractivity contribution in [2.24, 2.45) is 5.92 Å². The summed E-state index contributed by atoms with van der Waals surface area (Å²) >= 11 is 6.31. The largest absolute Gasteiger partial charge is 0.454 e. The van der Waals surface area contributed by atoms with Crippen LogP contribution in [0.1, 0.15) is 18.4 Å². The summed E-state index contributed by atoms with van der Waals surface area (Å²) in [6, 6.07) is 7.96. The number of anilines is 1. The quantitative estimate of drug-likeness (QED) is 0.553. The molecule has 1 aromatic heterocycles. The Labute approximate surface area is 188 Å². The van der Waals surface area contributed by atoms with Gasteiger partial charge in [-0.3, -0.25) is 4.79 Å². The van der Waals surface area contributed by atoms with Crippen LogP contribution in [0.4, 0.5) is 14.5 Å². The van der Waals surface area contributed by atoms with E-state index in [9.17, 15) is 13.6 Å². The van der Waals surface area contributed by atoms with E-state index in [4.69, 9.17) is 21.1 Å². The molecule has 0 radical (unpaired) electrons. The average molecular weight is 462 g/mol. The number of rotatable bonds is 6. The van der Waals surface area contributed by atoms with Gasteiger partial charge in [0.15, 0.2) is 11.6 Å². The van der Waals surface area contributed by atoms with Crippen molar-refractivity contribution in [3.8, 4) is 17.2 Å². The zero-order valence-corrected chi connectivity index (χ0v) is 18.2. The molecule has 1 N–H and O–H groups in total. The summed E-state index contributed by atoms with van der Waals surface area (Å²) < 4.78 is 39.2. The molecule has 9 heteroatoms. The second-order valence-electron chi connectivity index (χ2n) is 7.68. The van der Waals surface area contributed by atoms with Crippen molar-refractivity contribution < 1.29 is 18.3 Å². The van der Waals surface area contributed by atoms with Gasteiger partial charge in [-0.25, -0.2) is 8.78 Å². The van der Waals surface area contributed by atoms with Crippen LogP contribution in [0.25, 0.3) is 5.69 Å². The number of benzene rings is 2. The van der Waals surface area contributed by atoms with Gasteiger partial charge in [0.25, 0.3) is 5.56 Å². The molecule has 0 bridgehead atoms. The van der Waals surface area contributed by atoms with Crippen LogP contribution in [0.15, 0.2) is 47.4 Å². The topological polar surface area (TPSA) is 65.4 Å². The van der Waals surface area contributed by atoms with Gasteiger partial charge in [-0.1, -0.05) is 11.6 Å². The van der Waals surface area contributed by atoms with E-state index >= 15 is 0 Å². The lowest BCUT2D eigenvalue weighted by Gasteiger charge is -2.22. The van der Waals surface area contributed by atoms with Gasteiger partial charge in [0, 0.05) is 19.2 Å². The van der Waals surface area contributed by atoms with Crippen LogP contribution in [-0.4, -0.2) is 29.5 Å². The summed E-state index contributed by atoms with van der Waals surface area (Å²) in [7, 11) is 0. The van der Waals surface area contributed by atoms with Crippen LogP contribution < -0.4 is 15.6 Å². The van der Waals surface area contributed by atoms with Crippen LogP contribution >= 0.6 is 11.6 Å². The first-order chi connectivity index (χ1) is 15.4. The maximum absolute atomic E-state index is 13.9. The fourth-order valence-electron chi connectivity index (χ4n) is 3.52. The van der Waals surface area contributed by atoms with E-state index < -0.39 is 17.2 Å². The molecule has 32 heavy (non-hydrogen) atoms. The van der Waals surface area contributed by atoms with E-state index in [1.165, 1.54) is 16.9 Å². The Morgan fingerprint density at radius 2 is 2.06 bits per heavy atom. The summed E-state index contributed by atoms with van der Waals surface area (Å²) in [4.78, 5) is 12.8. The third-order valence-electron chi connectivity index (χ3n) is 5.27. The van der Waals surface area contributed by atoms with E-state index in [1.807, 2.05) is 0 Å². The highest BCUT2D eigenvalue weighted by Gasteiger charge is 2.16. The third kappa shape index (κ3) is 4.92. The van der Waals surface area contributed by atoms with Gasteiger partial charge < -0.3 is 14.8 Å². The molecule has 3 aromatic rings. The fourth-order valence-corrected chi connectivity index (χ4v) is 3.71. The highest BCUT2D eigenvalue weighted by Crippen LogP contribution is 2.29. The van der Waals surface area contributed by atoms with Crippen molar-refractivity contribution >= 4 is 17.3 Å². The second kappa shape index (κ2) is 9.67. The van der Waals surface area contributed by atoms with Gasteiger partial charge in [0.2, 0.25) is 0 Å². The van der Waals surface area contributed by atoms with Gasteiger partial charge >= 0.3 is 0 Å². The molecule has 1 aliphatic heterocycles. The molecule has 4 rings (SSSR count).